The molecule has 4 rings (SSSR count). The van der Waals surface area contributed by atoms with Gasteiger partial charge in [-0.1, -0.05) is 18.2 Å². The van der Waals surface area contributed by atoms with E-state index in [4.69, 9.17) is 10.00 Å². The molecule has 22 heavy (non-hydrogen) atoms. The van der Waals surface area contributed by atoms with Gasteiger partial charge in [0.25, 0.3) is 0 Å². The summed E-state index contributed by atoms with van der Waals surface area (Å²) in [4.78, 5) is 1.89. The molecule has 2 aliphatic heterocycles. The number of fused-ring (bicyclic) bond motifs is 1. The average molecular weight is 308 g/mol. The summed E-state index contributed by atoms with van der Waals surface area (Å²) in [6.07, 6.45) is 4.23. The molecule has 2 aliphatic rings. The minimum atomic E-state index is -0.217. The first-order chi connectivity index (χ1) is 10.8. The Balaban J connectivity index is 1.85. The molecule has 3 heterocycles. The molecule has 110 valence electrons. The minimum Gasteiger partial charge on any atom is -0.482 e. The van der Waals surface area contributed by atoms with E-state index in [0.717, 1.165) is 47.0 Å². The topological polar surface area (TPSA) is 45.0 Å². The first kappa shape index (κ1) is 13.6. The predicted molar refractivity (Wildman–Crippen MR) is 88.0 cm³/mol. The van der Waals surface area contributed by atoms with Gasteiger partial charge in [0.05, 0.1) is 0 Å². The van der Waals surface area contributed by atoms with Gasteiger partial charge in [-0.2, -0.15) is 5.26 Å². The van der Waals surface area contributed by atoms with Gasteiger partial charge in [-0.3, -0.25) is 0 Å². The molecular formula is C18H16N2OS. The van der Waals surface area contributed by atoms with E-state index in [1.54, 1.807) is 11.3 Å². The van der Waals surface area contributed by atoms with Crippen LogP contribution in [0.15, 0.2) is 42.5 Å². The van der Waals surface area contributed by atoms with Crippen LogP contribution in [0.4, 0.5) is 0 Å². The van der Waals surface area contributed by atoms with Crippen molar-refractivity contribution in [2.75, 3.05) is 13.1 Å². The highest BCUT2D eigenvalue weighted by Gasteiger charge is 2.37. The molecule has 0 aliphatic carbocycles. The fourth-order valence-electron chi connectivity index (χ4n) is 3.21. The molecule has 3 nitrogen and oxygen atoms in total. The highest BCUT2D eigenvalue weighted by molar-refractivity contribution is 7.13. The van der Waals surface area contributed by atoms with Crippen LogP contribution in [0.1, 0.15) is 28.2 Å². The number of hydrogen-bond acceptors (Lipinski definition) is 4. The fourth-order valence-corrected chi connectivity index (χ4v) is 4.04. The zero-order valence-electron chi connectivity index (χ0n) is 12.1. The number of rotatable bonds is 1. The van der Waals surface area contributed by atoms with Crippen LogP contribution in [0.2, 0.25) is 0 Å². The van der Waals surface area contributed by atoms with E-state index in [1.165, 1.54) is 5.57 Å². The van der Waals surface area contributed by atoms with Crippen molar-refractivity contribution in [2.45, 2.75) is 18.4 Å². The highest BCUT2D eigenvalue weighted by Crippen LogP contribution is 2.43. The number of ether oxygens (including phenoxy) is 1. The van der Waals surface area contributed by atoms with Crippen molar-refractivity contribution in [2.24, 2.45) is 0 Å². The number of hydrogen-bond donors (Lipinski definition) is 1. The summed E-state index contributed by atoms with van der Waals surface area (Å²) in [7, 11) is 0. The second kappa shape index (κ2) is 5.28. The van der Waals surface area contributed by atoms with Crippen LogP contribution in [0.3, 0.4) is 0 Å². The number of thiophene rings is 1. The summed E-state index contributed by atoms with van der Waals surface area (Å²) in [5.41, 5.74) is 2.11. The molecule has 2 aromatic rings. The monoisotopic (exact) mass is 308 g/mol. The molecule has 0 saturated carbocycles. The first-order valence-corrected chi connectivity index (χ1v) is 8.34. The molecule has 1 aromatic carbocycles. The van der Waals surface area contributed by atoms with Crippen LogP contribution in [0.25, 0.3) is 5.57 Å². The average Bonchev–Trinajstić information content (AvgIpc) is 3.04. The Morgan fingerprint density at radius 1 is 1.14 bits per heavy atom. The molecule has 0 amide bonds. The SMILES string of the molecule is N#Cc1ccc(C2=CC3(CCNCC3)Oc3ccccc32)s1. The summed E-state index contributed by atoms with van der Waals surface area (Å²) in [6.45, 7) is 1.94. The Hall–Kier alpha value is -2.09. The van der Waals surface area contributed by atoms with Gasteiger partial charge in [0.2, 0.25) is 0 Å². The Bertz CT molecular complexity index is 778. The van der Waals surface area contributed by atoms with Crippen LogP contribution in [0, 0.1) is 11.3 Å². The van der Waals surface area contributed by atoms with Gasteiger partial charge in [-0.25, -0.2) is 0 Å². The standard InChI is InChI=1S/C18H16N2OS/c19-12-13-5-6-17(22-13)15-11-18(7-9-20-10-8-18)21-16-4-2-1-3-14(15)16/h1-6,11,20H,7-10H2. The molecule has 1 spiro atoms. The number of nitrogens with one attached hydrogen (secondary N) is 1. The largest absolute Gasteiger partial charge is 0.482 e. The van der Waals surface area contributed by atoms with Crippen molar-refractivity contribution in [3.63, 3.8) is 0 Å². The van der Waals surface area contributed by atoms with E-state index in [9.17, 15) is 0 Å². The molecule has 1 N–H and O–H groups in total. The molecular weight excluding hydrogens is 292 g/mol. The summed E-state index contributed by atoms with van der Waals surface area (Å²) in [5.74, 6) is 0.953. The molecule has 0 bridgehead atoms. The number of para-hydroxylation sites is 1. The van der Waals surface area contributed by atoms with Gasteiger partial charge >= 0.3 is 0 Å². The van der Waals surface area contributed by atoms with Crippen LogP contribution >= 0.6 is 11.3 Å². The van der Waals surface area contributed by atoms with E-state index in [0.29, 0.717) is 0 Å². The predicted octanol–water partition coefficient (Wildman–Crippen LogP) is 3.57. The molecule has 0 radical (unpaired) electrons. The van der Waals surface area contributed by atoms with E-state index >= 15 is 0 Å². The van der Waals surface area contributed by atoms with Gasteiger partial charge in [-0.15, -0.1) is 11.3 Å². The molecule has 1 aromatic heterocycles. The zero-order valence-corrected chi connectivity index (χ0v) is 13.0. The Labute approximate surface area is 133 Å². The number of benzene rings is 1. The van der Waals surface area contributed by atoms with E-state index < -0.39 is 0 Å². The summed E-state index contributed by atoms with van der Waals surface area (Å²) in [5, 5.41) is 12.5. The van der Waals surface area contributed by atoms with Crippen molar-refractivity contribution in [1.82, 2.24) is 5.32 Å². The number of piperidine rings is 1. The van der Waals surface area contributed by atoms with Gasteiger partial charge in [0.1, 0.15) is 22.3 Å². The normalized spacial score (nSPS) is 19.0. The zero-order chi connectivity index (χ0) is 15.0. The number of nitriles is 1. The third-order valence-corrected chi connectivity index (χ3v) is 5.35. The second-order valence-corrected chi connectivity index (χ2v) is 6.83. The lowest BCUT2D eigenvalue weighted by Crippen LogP contribution is -2.46. The van der Waals surface area contributed by atoms with Crippen molar-refractivity contribution in [3.05, 3.63) is 57.8 Å². The Morgan fingerprint density at radius 2 is 1.95 bits per heavy atom. The van der Waals surface area contributed by atoms with Gasteiger partial charge in [-0.05, 0) is 37.4 Å². The minimum absolute atomic E-state index is 0.217. The van der Waals surface area contributed by atoms with Crippen LogP contribution < -0.4 is 10.1 Å². The van der Waals surface area contributed by atoms with E-state index in [2.05, 4.69) is 23.5 Å². The van der Waals surface area contributed by atoms with Gasteiger partial charge < -0.3 is 10.1 Å². The maximum absolute atomic E-state index is 9.09. The molecule has 4 heteroatoms. The highest BCUT2D eigenvalue weighted by atomic mass is 32.1. The smallest absolute Gasteiger partial charge is 0.130 e. The lowest BCUT2D eigenvalue weighted by Gasteiger charge is -2.39. The lowest BCUT2D eigenvalue weighted by molar-refractivity contribution is 0.0817. The Kier molecular flexibility index (Phi) is 3.25. The maximum atomic E-state index is 9.09. The molecule has 0 atom stereocenters. The van der Waals surface area contributed by atoms with Crippen LogP contribution in [0.5, 0.6) is 5.75 Å². The summed E-state index contributed by atoms with van der Waals surface area (Å²) in [6, 6.07) is 14.4. The second-order valence-electron chi connectivity index (χ2n) is 5.75. The molecule has 1 fully saturated rings. The van der Waals surface area contributed by atoms with Crippen molar-refractivity contribution < 1.29 is 4.74 Å². The van der Waals surface area contributed by atoms with Crippen molar-refractivity contribution in [3.8, 4) is 11.8 Å². The molecule has 0 unspecified atom stereocenters. The number of nitrogens with zero attached hydrogens (tertiary/aromatic N) is 1. The molecule has 1 saturated heterocycles. The van der Waals surface area contributed by atoms with Gasteiger partial charge in [0, 0.05) is 28.9 Å². The lowest BCUT2D eigenvalue weighted by atomic mass is 9.85. The van der Waals surface area contributed by atoms with Crippen molar-refractivity contribution in [1.29, 1.82) is 5.26 Å². The first-order valence-electron chi connectivity index (χ1n) is 7.52. The quantitative estimate of drug-likeness (QED) is 0.876. The fraction of sp³-hybridized carbons (Fsp3) is 0.278. The summed E-state index contributed by atoms with van der Waals surface area (Å²) < 4.78 is 6.37. The van der Waals surface area contributed by atoms with E-state index in [-0.39, 0.29) is 5.60 Å². The van der Waals surface area contributed by atoms with Crippen molar-refractivity contribution >= 4 is 16.9 Å². The maximum Gasteiger partial charge on any atom is 0.130 e. The van der Waals surface area contributed by atoms with Crippen LogP contribution in [-0.4, -0.2) is 18.7 Å². The third-order valence-electron chi connectivity index (χ3n) is 4.33. The Morgan fingerprint density at radius 3 is 2.73 bits per heavy atom. The van der Waals surface area contributed by atoms with E-state index in [1.807, 2.05) is 30.3 Å². The van der Waals surface area contributed by atoms with Crippen LogP contribution in [-0.2, 0) is 0 Å². The third kappa shape index (κ3) is 2.23. The van der Waals surface area contributed by atoms with Gasteiger partial charge in [0.15, 0.2) is 0 Å². The summed E-state index contributed by atoms with van der Waals surface area (Å²) >= 11 is 1.55.